The highest BCUT2D eigenvalue weighted by molar-refractivity contribution is 5.92. The smallest absolute Gasteiger partial charge is 0.272 e. The van der Waals surface area contributed by atoms with Crippen LogP contribution < -0.4 is 5.32 Å². The van der Waals surface area contributed by atoms with Gasteiger partial charge in [-0.1, -0.05) is 0 Å². The van der Waals surface area contributed by atoms with Crippen LogP contribution in [-0.4, -0.2) is 31.9 Å². The summed E-state index contributed by atoms with van der Waals surface area (Å²) in [5, 5.41) is 14.4. The van der Waals surface area contributed by atoms with Gasteiger partial charge in [0.15, 0.2) is 0 Å². The summed E-state index contributed by atoms with van der Waals surface area (Å²) in [6.07, 6.45) is 6.43. The van der Waals surface area contributed by atoms with E-state index in [1.54, 1.807) is 10.7 Å². The standard InChI is InChI=1S/C14H19N5O/c1-9(2)19-6-5-12(18-19)14(20)16-11-4-3-10-8-15-17-13(10)7-11/h5-6,8-9,11H,3-4,7H2,1-2H3,(H,15,17)(H,16,20)/t11-/m1/s1. The van der Waals surface area contributed by atoms with Gasteiger partial charge in [-0.05, 0) is 38.3 Å². The lowest BCUT2D eigenvalue weighted by Crippen LogP contribution is -2.39. The molecule has 3 rings (SSSR count). The number of aromatic amines is 1. The highest BCUT2D eigenvalue weighted by Gasteiger charge is 2.22. The van der Waals surface area contributed by atoms with E-state index in [4.69, 9.17) is 0 Å². The van der Waals surface area contributed by atoms with Crippen LogP contribution in [0.15, 0.2) is 18.5 Å². The van der Waals surface area contributed by atoms with Gasteiger partial charge >= 0.3 is 0 Å². The van der Waals surface area contributed by atoms with Crippen LogP contribution >= 0.6 is 0 Å². The number of aromatic nitrogens is 4. The fourth-order valence-corrected chi connectivity index (χ4v) is 2.54. The van der Waals surface area contributed by atoms with Crippen LogP contribution in [0.3, 0.4) is 0 Å². The maximum atomic E-state index is 12.2. The van der Waals surface area contributed by atoms with Crippen molar-refractivity contribution < 1.29 is 4.79 Å². The number of nitrogens with one attached hydrogen (secondary N) is 2. The van der Waals surface area contributed by atoms with Gasteiger partial charge < -0.3 is 5.32 Å². The number of fused-ring (bicyclic) bond motifs is 1. The van der Waals surface area contributed by atoms with E-state index >= 15 is 0 Å². The van der Waals surface area contributed by atoms with Crippen LogP contribution in [0.1, 0.15) is 48.1 Å². The molecule has 0 saturated carbocycles. The van der Waals surface area contributed by atoms with Crippen molar-refractivity contribution in [3.8, 4) is 0 Å². The van der Waals surface area contributed by atoms with Crippen molar-refractivity contribution in [3.05, 3.63) is 35.4 Å². The third-order valence-corrected chi connectivity index (χ3v) is 3.73. The van der Waals surface area contributed by atoms with E-state index in [-0.39, 0.29) is 18.0 Å². The molecule has 2 aromatic heterocycles. The Kier molecular flexibility index (Phi) is 3.30. The average Bonchev–Trinajstić information content (AvgIpc) is 3.07. The Morgan fingerprint density at radius 3 is 3.15 bits per heavy atom. The number of carbonyl (C=O) groups is 1. The van der Waals surface area contributed by atoms with Crippen LogP contribution in [0.5, 0.6) is 0 Å². The largest absolute Gasteiger partial charge is 0.348 e. The average molecular weight is 273 g/mol. The van der Waals surface area contributed by atoms with Gasteiger partial charge in [0.05, 0.1) is 6.20 Å². The Morgan fingerprint density at radius 1 is 1.55 bits per heavy atom. The van der Waals surface area contributed by atoms with Gasteiger partial charge in [-0.15, -0.1) is 0 Å². The Labute approximate surface area is 117 Å². The molecule has 2 aromatic rings. The van der Waals surface area contributed by atoms with Crippen LogP contribution in [0.4, 0.5) is 0 Å². The first kappa shape index (κ1) is 12.9. The molecule has 0 unspecified atom stereocenters. The van der Waals surface area contributed by atoms with Crippen molar-refractivity contribution >= 4 is 5.91 Å². The third-order valence-electron chi connectivity index (χ3n) is 3.73. The molecule has 2 heterocycles. The molecule has 2 N–H and O–H groups in total. The molecule has 1 amide bonds. The Bertz CT molecular complexity index is 613. The summed E-state index contributed by atoms with van der Waals surface area (Å²) >= 11 is 0. The van der Waals surface area contributed by atoms with E-state index in [9.17, 15) is 4.79 Å². The first-order chi connectivity index (χ1) is 9.63. The molecule has 0 radical (unpaired) electrons. The molecule has 20 heavy (non-hydrogen) atoms. The summed E-state index contributed by atoms with van der Waals surface area (Å²) in [5.74, 6) is -0.0997. The van der Waals surface area contributed by atoms with Gasteiger partial charge in [0.1, 0.15) is 5.69 Å². The van der Waals surface area contributed by atoms with Crippen molar-refractivity contribution in [2.24, 2.45) is 0 Å². The van der Waals surface area contributed by atoms with Crippen LogP contribution in [0.2, 0.25) is 0 Å². The topological polar surface area (TPSA) is 75.6 Å². The lowest BCUT2D eigenvalue weighted by molar-refractivity contribution is 0.0927. The van der Waals surface area contributed by atoms with E-state index in [0.717, 1.165) is 25.0 Å². The molecule has 0 saturated heterocycles. The fraction of sp³-hybridized carbons (Fsp3) is 0.500. The molecule has 1 aliphatic rings. The second kappa shape index (κ2) is 5.11. The summed E-state index contributed by atoms with van der Waals surface area (Å²) in [4.78, 5) is 12.2. The monoisotopic (exact) mass is 273 g/mol. The molecule has 0 aliphatic heterocycles. The zero-order valence-corrected chi connectivity index (χ0v) is 11.8. The Morgan fingerprint density at radius 2 is 2.40 bits per heavy atom. The molecule has 6 nitrogen and oxygen atoms in total. The third kappa shape index (κ3) is 2.45. The van der Waals surface area contributed by atoms with Crippen LogP contribution in [0.25, 0.3) is 0 Å². The van der Waals surface area contributed by atoms with Crippen molar-refractivity contribution in [2.75, 3.05) is 0 Å². The maximum Gasteiger partial charge on any atom is 0.272 e. The number of hydrogen-bond acceptors (Lipinski definition) is 3. The van der Waals surface area contributed by atoms with E-state index in [0.29, 0.717) is 5.69 Å². The van der Waals surface area contributed by atoms with Gasteiger partial charge in [-0.3, -0.25) is 14.6 Å². The van der Waals surface area contributed by atoms with Gasteiger partial charge in [0.25, 0.3) is 5.91 Å². The first-order valence-corrected chi connectivity index (χ1v) is 7.00. The van der Waals surface area contributed by atoms with Crippen LogP contribution in [-0.2, 0) is 12.8 Å². The number of amides is 1. The molecule has 0 aromatic carbocycles. The number of hydrogen-bond donors (Lipinski definition) is 2. The van der Waals surface area contributed by atoms with Gasteiger partial charge in [-0.25, -0.2) is 0 Å². The summed E-state index contributed by atoms with van der Waals surface area (Å²) in [6.45, 7) is 4.07. The molecule has 0 spiro atoms. The summed E-state index contributed by atoms with van der Waals surface area (Å²) in [5.41, 5.74) is 2.88. The fourth-order valence-electron chi connectivity index (χ4n) is 2.54. The minimum atomic E-state index is -0.0997. The van der Waals surface area contributed by atoms with Crippen LogP contribution in [0, 0.1) is 0 Å². The summed E-state index contributed by atoms with van der Waals surface area (Å²) in [7, 11) is 0. The van der Waals surface area contributed by atoms with Gasteiger partial charge in [0, 0.05) is 30.4 Å². The molecular formula is C14H19N5O. The predicted molar refractivity (Wildman–Crippen MR) is 74.5 cm³/mol. The molecule has 106 valence electrons. The molecule has 1 aliphatic carbocycles. The number of H-pyrrole nitrogens is 1. The maximum absolute atomic E-state index is 12.2. The predicted octanol–water partition coefficient (Wildman–Crippen LogP) is 1.47. The minimum Gasteiger partial charge on any atom is -0.348 e. The number of aryl methyl sites for hydroxylation is 1. The lowest BCUT2D eigenvalue weighted by atomic mass is 9.94. The van der Waals surface area contributed by atoms with Gasteiger partial charge in [0.2, 0.25) is 0 Å². The van der Waals surface area contributed by atoms with Crippen molar-refractivity contribution in [2.45, 2.75) is 45.2 Å². The summed E-state index contributed by atoms with van der Waals surface area (Å²) < 4.78 is 1.79. The quantitative estimate of drug-likeness (QED) is 0.889. The Hall–Kier alpha value is -2.11. The number of carbonyl (C=O) groups excluding carboxylic acids is 1. The normalized spacial score (nSPS) is 18.1. The SMILES string of the molecule is CC(C)n1ccc(C(=O)N[C@@H]2CCc3cn[nH]c3C2)n1. The van der Waals surface area contributed by atoms with E-state index in [1.165, 1.54) is 5.56 Å². The molecule has 0 bridgehead atoms. The van der Waals surface area contributed by atoms with E-state index in [1.807, 2.05) is 26.2 Å². The lowest BCUT2D eigenvalue weighted by Gasteiger charge is -2.22. The van der Waals surface area contributed by atoms with Crippen molar-refractivity contribution in [3.63, 3.8) is 0 Å². The van der Waals surface area contributed by atoms with E-state index in [2.05, 4.69) is 20.6 Å². The molecule has 6 heteroatoms. The van der Waals surface area contributed by atoms with E-state index < -0.39 is 0 Å². The molecule has 0 fully saturated rings. The zero-order chi connectivity index (χ0) is 14.1. The number of nitrogens with zero attached hydrogens (tertiary/aromatic N) is 3. The second-order valence-corrected chi connectivity index (χ2v) is 5.56. The van der Waals surface area contributed by atoms with Crippen molar-refractivity contribution in [1.29, 1.82) is 0 Å². The minimum absolute atomic E-state index is 0.0997. The molecule has 1 atom stereocenters. The zero-order valence-electron chi connectivity index (χ0n) is 11.8. The first-order valence-electron chi connectivity index (χ1n) is 7.00. The Balaban J connectivity index is 1.64. The number of rotatable bonds is 3. The molecular weight excluding hydrogens is 254 g/mol. The summed E-state index contributed by atoms with van der Waals surface area (Å²) in [6, 6.07) is 2.18. The second-order valence-electron chi connectivity index (χ2n) is 5.56. The highest BCUT2D eigenvalue weighted by Crippen LogP contribution is 2.19. The van der Waals surface area contributed by atoms with Gasteiger partial charge in [-0.2, -0.15) is 10.2 Å². The highest BCUT2D eigenvalue weighted by atomic mass is 16.2. The van der Waals surface area contributed by atoms with Crippen molar-refractivity contribution in [1.82, 2.24) is 25.3 Å².